The van der Waals surface area contributed by atoms with Crippen LogP contribution in [-0.4, -0.2) is 20.7 Å². The van der Waals surface area contributed by atoms with E-state index in [1.54, 1.807) is 12.1 Å². The number of carbonyl (C=O) groups excluding carboxylic acids is 1. The predicted octanol–water partition coefficient (Wildman–Crippen LogP) is 1.84. The van der Waals surface area contributed by atoms with Crippen LogP contribution < -0.4 is 5.32 Å². The third-order valence-corrected chi connectivity index (χ3v) is 5.84. The van der Waals surface area contributed by atoms with Crippen molar-refractivity contribution in [1.29, 1.82) is 0 Å². The first-order chi connectivity index (χ1) is 9.60. The molecular formula is C15H17NO3S. The first kappa shape index (κ1) is 13.4. The molecule has 4 nitrogen and oxygen atoms in total. The molecule has 3 rings (SSSR count). The van der Waals surface area contributed by atoms with Crippen molar-refractivity contribution in [2.24, 2.45) is 11.8 Å². The molecule has 1 amide bonds. The van der Waals surface area contributed by atoms with Crippen LogP contribution >= 0.6 is 0 Å². The minimum absolute atomic E-state index is 0.259. The average molecular weight is 291 g/mol. The lowest BCUT2D eigenvalue weighted by Crippen LogP contribution is -2.21. The van der Waals surface area contributed by atoms with E-state index in [0.717, 1.165) is 0 Å². The topological polar surface area (TPSA) is 63.2 Å². The number of sulfone groups is 1. The van der Waals surface area contributed by atoms with Crippen LogP contribution in [0.1, 0.15) is 24.3 Å². The van der Waals surface area contributed by atoms with Crippen molar-refractivity contribution in [3.8, 4) is 0 Å². The summed E-state index contributed by atoms with van der Waals surface area (Å²) in [4.78, 5) is 10.5. The van der Waals surface area contributed by atoms with Gasteiger partial charge in [-0.15, -0.1) is 0 Å². The van der Waals surface area contributed by atoms with E-state index in [1.165, 1.54) is 18.4 Å². The van der Waals surface area contributed by atoms with E-state index in [1.807, 2.05) is 12.1 Å². The van der Waals surface area contributed by atoms with Crippen molar-refractivity contribution >= 4 is 16.2 Å². The number of fused-ring (bicyclic) bond motifs is 2. The van der Waals surface area contributed by atoms with Crippen molar-refractivity contribution in [2.75, 3.05) is 5.88 Å². The Morgan fingerprint density at radius 3 is 2.45 bits per heavy atom. The predicted molar refractivity (Wildman–Crippen MR) is 75.8 cm³/mol. The van der Waals surface area contributed by atoms with Gasteiger partial charge < -0.3 is 5.32 Å². The van der Waals surface area contributed by atoms with Gasteiger partial charge in [0, 0.05) is 0 Å². The molecule has 3 atom stereocenters. The van der Waals surface area contributed by atoms with E-state index < -0.39 is 9.84 Å². The lowest BCUT2D eigenvalue weighted by Gasteiger charge is -2.18. The second-order valence-corrected chi connectivity index (χ2v) is 7.53. The van der Waals surface area contributed by atoms with E-state index in [2.05, 4.69) is 17.5 Å². The number of nitrogens with one attached hydrogen (secondary N) is 1. The molecule has 2 aliphatic carbocycles. The van der Waals surface area contributed by atoms with Crippen LogP contribution in [0.4, 0.5) is 0 Å². The molecule has 0 aromatic heterocycles. The van der Waals surface area contributed by atoms with Crippen LogP contribution in [-0.2, 0) is 14.6 Å². The second-order valence-electron chi connectivity index (χ2n) is 5.54. The quantitative estimate of drug-likeness (QED) is 0.665. The standard InChI is InChI=1S/C15H17NO3S/c17-9-16-10-20(18,19)14-5-3-12(4-6-14)15-8-11-1-2-13(15)7-11/h1-6,9,11,13,15H,7-8,10H2,(H,16,17)/t11-,13+,15-/m0/s1. The van der Waals surface area contributed by atoms with Crippen LogP contribution in [0, 0.1) is 11.8 Å². The molecule has 1 aromatic carbocycles. The molecule has 5 heteroatoms. The Morgan fingerprint density at radius 2 is 1.90 bits per heavy atom. The molecule has 1 fully saturated rings. The Kier molecular flexibility index (Phi) is 3.38. The van der Waals surface area contributed by atoms with Crippen molar-refractivity contribution in [1.82, 2.24) is 5.32 Å². The molecule has 1 N–H and O–H groups in total. The third-order valence-electron chi connectivity index (χ3n) is 4.30. The van der Waals surface area contributed by atoms with Crippen molar-refractivity contribution in [2.45, 2.75) is 23.7 Å². The number of benzene rings is 1. The largest absolute Gasteiger partial charge is 0.344 e. The van der Waals surface area contributed by atoms with E-state index in [4.69, 9.17) is 0 Å². The first-order valence-corrected chi connectivity index (χ1v) is 8.43. The van der Waals surface area contributed by atoms with Gasteiger partial charge in [-0.05, 0) is 48.3 Å². The fourth-order valence-electron chi connectivity index (χ4n) is 3.31. The van der Waals surface area contributed by atoms with Crippen LogP contribution in [0.2, 0.25) is 0 Å². The summed E-state index contributed by atoms with van der Waals surface area (Å²) in [5.41, 5.74) is 1.21. The van der Waals surface area contributed by atoms with Gasteiger partial charge in [0.2, 0.25) is 6.41 Å². The van der Waals surface area contributed by atoms with Crippen LogP contribution in [0.25, 0.3) is 0 Å². The molecule has 2 aliphatic rings. The number of hydrogen-bond donors (Lipinski definition) is 1. The second kappa shape index (κ2) is 5.05. The van der Waals surface area contributed by atoms with Crippen molar-refractivity contribution in [3.05, 3.63) is 42.0 Å². The maximum absolute atomic E-state index is 11.9. The zero-order valence-corrected chi connectivity index (χ0v) is 11.8. The summed E-state index contributed by atoms with van der Waals surface area (Å²) in [6.45, 7) is 0. The zero-order valence-electron chi connectivity index (χ0n) is 11.0. The monoisotopic (exact) mass is 291 g/mol. The highest BCUT2D eigenvalue weighted by Gasteiger charge is 2.36. The highest BCUT2D eigenvalue weighted by atomic mass is 32.2. The summed E-state index contributed by atoms with van der Waals surface area (Å²) in [5.74, 6) is 1.48. The molecule has 106 valence electrons. The maximum Gasteiger partial charge on any atom is 0.207 e. The minimum Gasteiger partial charge on any atom is -0.344 e. The van der Waals surface area contributed by atoms with Gasteiger partial charge in [-0.3, -0.25) is 4.79 Å². The zero-order chi connectivity index (χ0) is 14.2. The molecule has 0 spiro atoms. The van der Waals surface area contributed by atoms with Gasteiger partial charge >= 0.3 is 0 Å². The van der Waals surface area contributed by atoms with Gasteiger partial charge in [0.1, 0.15) is 5.88 Å². The first-order valence-electron chi connectivity index (χ1n) is 6.78. The SMILES string of the molecule is O=CNCS(=O)(=O)c1ccc([C@@H]2C[C@H]3C=C[C@@H]2C3)cc1. The molecule has 0 unspecified atom stereocenters. The molecular weight excluding hydrogens is 274 g/mol. The van der Waals surface area contributed by atoms with Gasteiger partial charge in [0.25, 0.3) is 0 Å². The minimum atomic E-state index is -3.43. The Hall–Kier alpha value is -1.62. The molecule has 2 bridgehead atoms. The number of allylic oxidation sites excluding steroid dienone is 2. The van der Waals surface area contributed by atoms with Crippen LogP contribution in [0.5, 0.6) is 0 Å². The lowest BCUT2D eigenvalue weighted by molar-refractivity contribution is -0.109. The van der Waals surface area contributed by atoms with Gasteiger partial charge in [-0.1, -0.05) is 24.3 Å². The maximum atomic E-state index is 11.9. The van der Waals surface area contributed by atoms with E-state index in [-0.39, 0.29) is 10.8 Å². The fourth-order valence-corrected chi connectivity index (χ4v) is 4.32. The molecule has 1 saturated carbocycles. The summed E-state index contributed by atoms with van der Waals surface area (Å²) >= 11 is 0. The summed E-state index contributed by atoms with van der Waals surface area (Å²) in [6.07, 6.45) is 7.38. The van der Waals surface area contributed by atoms with Gasteiger partial charge in [-0.2, -0.15) is 0 Å². The molecule has 0 radical (unpaired) electrons. The smallest absolute Gasteiger partial charge is 0.207 e. The highest BCUT2D eigenvalue weighted by molar-refractivity contribution is 7.91. The Morgan fingerprint density at radius 1 is 1.15 bits per heavy atom. The van der Waals surface area contributed by atoms with Crippen molar-refractivity contribution in [3.63, 3.8) is 0 Å². The molecule has 0 saturated heterocycles. The normalized spacial score (nSPS) is 27.7. The summed E-state index contributed by atoms with van der Waals surface area (Å²) in [7, 11) is -3.43. The van der Waals surface area contributed by atoms with Gasteiger partial charge in [-0.25, -0.2) is 8.42 Å². The Labute approximate surface area is 118 Å². The fraction of sp³-hybridized carbons (Fsp3) is 0.400. The van der Waals surface area contributed by atoms with Crippen LogP contribution in [0.3, 0.4) is 0 Å². The summed E-state index contributed by atoms with van der Waals surface area (Å²) in [6, 6.07) is 7.11. The van der Waals surface area contributed by atoms with Gasteiger partial charge in [0.15, 0.2) is 9.84 Å². The lowest BCUT2D eigenvalue weighted by atomic mass is 9.87. The van der Waals surface area contributed by atoms with Gasteiger partial charge in [0.05, 0.1) is 4.90 Å². The van der Waals surface area contributed by atoms with E-state index in [0.29, 0.717) is 24.2 Å². The Balaban J connectivity index is 1.78. The van der Waals surface area contributed by atoms with E-state index in [9.17, 15) is 13.2 Å². The summed E-state index contributed by atoms with van der Waals surface area (Å²) in [5, 5.41) is 2.20. The van der Waals surface area contributed by atoms with E-state index >= 15 is 0 Å². The van der Waals surface area contributed by atoms with Crippen molar-refractivity contribution < 1.29 is 13.2 Å². The third kappa shape index (κ3) is 2.38. The highest BCUT2D eigenvalue weighted by Crippen LogP contribution is 2.48. The summed E-state index contributed by atoms with van der Waals surface area (Å²) < 4.78 is 23.8. The number of rotatable bonds is 5. The number of hydrogen-bond acceptors (Lipinski definition) is 3. The number of carbonyl (C=O) groups is 1. The molecule has 0 aliphatic heterocycles. The van der Waals surface area contributed by atoms with Crippen LogP contribution in [0.15, 0.2) is 41.3 Å². The molecule has 20 heavy (non-hydrogen) atoms. The molecule has 0 heterocycles. The average Bonchev–Trinajstić information content (AvgIpc) is 3.08. The number of amides is 1. The molecule has 1 aromatic rings. The Bertz CT molecular complexity index is 634.